The van der Waals surface area contributed by atoms with Gasteiger partial charge in [0, 0.05) is 5.56 Å². The first-order valence-corrected chi connectivity index (χ1v) is 8.12. The van der Waals surface area contributed by atoms with Crippen molar-refractivity contribution in [3.05, 3.63) is 41.5 Å². The quantitative estimate of drug-likeness (QED) is 0.545. The van der Waals surface area contributed by atoms with Gasteiger partial charge in [-0.05, 0) is 36.4 Å². The smallest absolute Gasteiger partial charge is 0.231 e. The van der Waals surface area contributed by atoms with Gasteiger partial charge < -0.3 is 28.4 Å². The third kappa shape index (κ3) is 3.48. The second-order valence-corrected chi connectivity index (χ2v) is 5.53. The van der Waals surface area contributed by atoms with E-state index < -0.39 is 0 Å². The highest BCUT2D eigenvalue weighted by Crippen LogP contribution is 2.49. The predicted octanol–water partition coefficient (Wildman–Crippen LogP) is 3.35. The number of ketones is 1. The summed E-state index contributed by atoms with van der Waals surface area (Å²) in [4.78, 5) is 12.7. The van der Waals surface area contributed by atoms with Crippen LogP contribution in [0.25, 0.3) is 6.08 Å². The molecule has 1 heterocycles. The van der Waals surface area contributed by atoms with Crippen LogP contribution in [0.15, 0.2) is 30.3 Å². The van der Waals surface area contributed by atoms with Gasteiger partial charge in [0.1, 0.15) is 11.5 Å². The molecule has 0 saturated heterocycles. The summed E-state index contributed by atoms with van der Waals surface area (Å²) in [6.07, 6.45) is 3.06. The van der Waals surface area contributed by atoms with E-state index in [0.29, 0.717) is 45.6 Å². The molecule has 0 fully saturated rings. The Kier molecular flexibility index (Phi) is 5.40. The Labute approximate surface area is 157 Å². The van der Waals surface area contributed by atoms with Crippen LogP contribution in [0.2, 0.25) is 0 Å². The van der Waals surface area contributed by atoms with Gasteiger partial charge in [-0.15, -0.1) is 0 Å². The molecule has 7 nitrogen and oxygen atoms in total. The number of ether oxygens (including phenoxy) is 6. The SMILES string of the molecule is COc1ccc(OC)c(C(=O)C=Cc2cc(OC)c3c(c2OC)OCO3)c1. The minimum Gasteiger partial charge on any atom is -0.497 e. The molecule has 0 spiro atoms. The van der Waals surface area contributed by atoms with Crippen molar-refractivity contribution < 1.29 is 33.2 Å². The Morgan fingerprint density at radius 2 is 1.67 bits per heavy atom. The summed E-state index contributed by atoms with van der Waals surface area (Å²) in [6, 6.07) is 6.76. The summed E-state index contributed by atoms with van der Waals surface area (Å²) in [7, 11) is 6.10. The zero-order valence-corrected chi connectivity index (χ0v) is 15.5. The van der Waals surface area contributed by atoms with Gasteiger partial charge in [-0.25, -0.2) is 0 Å². The van der Waals surface area contributed by atoms with Crippen LogP contribution in [-0.2, 0) is 0 Å². The molecule has 0 N–H and O–H groups in total. The molecule has 0 atom stereocenters. The third-order valence-electron chi connectivity index (χ3n) is 4.10. The predicted molar refractivity (Wildman–Crippen MR) is 98.6 cm³/mol. The van der Waals surface area contributed by atoms with Crippen LogP contribution in [-0.4, -0.2) is 41.0 Å². The highest BCUT2D eigenvalue weighted by atomic mass is 16.7. The molecule has 0 radical (unpaired) electrons. The maximum atomic E-state index is 12.7. The zero-order valence-electron chi connectivity index (χ0n) is 15.5. The lowest BCUT2D eigenvalue weighted by molar-refractivity contribution is 0.104. The van der Waals surface area contributed by atoms with Gasteiger partial charge in [-0.3, -0.25) is 4.79 Å². The second kappa shape index (κ2) is 7.90. The topological polar surface area (TPSA) is 72.5 Å². The first-order valence-electron chi connectivity index (χ1n) is 8.12. The highest BCUT2D eigenvalue weighted by molar-refractivity contribution is 6.09. The number of carbonyl (C=O) groups is 1. The second-order valence-electron chi connectivity index (χ2n) is 5.53. The molecule has 27 heavy (non-hydrogen) atoms. The number of methoxy groups -OCH3 is 4. The molecule has 0 saturated carbocycles. The lowest BCUT2D eigenvalue weighted by atomic mass is 10.1. The van der Waals surface area contributed by atoms with Crippen molar-refractivity contribution in [1.82, 2.24) is 0 Å². The Morgan fingerprint density at radius 3 is 2.33 bits per heavy atom. The van der Waals surface area contributed by atoms with Gasteiger partial charge in [0.05, 0.1) is 34.0 Å². The molecule has 1 aliphatic rings. The Morgan fingerprint density at radius 1 is 0.926 bits per heavy atom. The van der Waals surface area contributed by atoms with Crippen LogP contribution < -0.4 is 28.4 Å². The number of benzene rings is 2. The van der Waals surface area contributed by atoms with Crippen LogP contribution in [0.5, 0.6) is 34.5 Å². The van der Waals surface area contributed by atoms with E-state index in [1.54, 1.807) is 30.3 Å². The van der Waals surface area contributed by atoms with Crippen molar-refractivity contribution in [3.8, 4) is 34.5 Å². The third-order valence-corrected chi connectivity index (χ3v) is 4.10. The molecular formula is C20H20O7. The van der Waals surface area contributed by atoms with Crippen LogP contribution >= 0.6 is 0 Å². The first kappa shape index (κ1) is 18.4. The Balaban J connectivity index is 1.98. The van der Waals surface area contributed by atoms with Gasteiger partial charge in [0.15, 0.2) is 17.3 Å². The molecule has 0 unspecified atom stereocenters. The van der Waals surface area contributed by atoms with Crippen molar-refractivity contribution in [2.45, 2.75) is 0 Å². The average Bonchev–Trinajstić information content (AvgIpc) is 3.20. The largest absolute Gasteiger partial charge is 0.497 e. The number of rotatable bonds is 7. The van der Waals surface area contributed by atoms with Gasteiger partial charge in [0.2, 0.25) is 18.3 Å². The number of hydrogen-bond acceptors (Lipinski definition) is 7. The molecular weight excluding hydrogens is 352 g/mol. The summed E-state index contributed by atoms with van der Waals surface area (Å²) < 4.78 is 32.1. The molecule has 0 bridgehead atoms. The van der Waals surface area contributed by atoms with E-state index in [1.165, 1.54) is 34.5 Å². The van der Waals surface area contributed by atoms with Crippen molar-refractivity contribution in [3.63, 3.8) is 0 Å². The molecule has 2 aromatic carbocycles. The maximum absolute atomic E-state index is 12.7. The molecule has 3 rings (SSSR count). The van der Waals surface area contributed by atoms with Gasteiger partial charge in [0.25, 0.3) is 0 Å². The van der Waals surface area contributed by atoms with Gasteiger partial charge >= 0.3 is 0 Å². The van der Waals surface area contributed by atoms with E-state index >= 15 is 0 Å². The lowest BCUT2D eigenvalue weighted by Crippen LogP contribution is -2.00. The average molecular weight is 372 g/mol. The lowest BCUT2D eigenvalue weighted by Gasteiger charge is -2.12. The standard InChI is InChI=1S/C20H20O7/c1-22-13-6-8-16(23-2)14(10-13)15(21)7-5-12-9-17(24-3)19-20(18(12)25-4)27-11-26-19/h5-10H,11H2,1-4H3. The van der Waals surface area contributed by atoms with Crippen LogP contribution in [0.1, 0.15) is 15.9 Å². The van der Waals surface area contributed by atoms with Crippen LogP contribution in [0, 0.1) is 0 Å². The van der Waals surface area contributed by atoms with E-state index in [1.807, 2.05) is 0 Å². The monoisotopic (exact) mass is 372 g/mol. The van der Waals surface area contributed by atoms with Crippen molar-refractivity contribution >= 4 is 11.9 Å². The summed E-state index contributed by atoms with van der Waals surface area (Å²) >= 11 is 0. The minimum atomic E-state index is -0.246. The first-order chi connectivity index (χ1) is 13.1. The number of fused-ring (bicyclic) bond motifs is 1. The van der Waals surface area contributed by atoms with E-state index in [2.05, 4.69) is 0 Å². The molecule has 0 amide bonds. The molecule has 7 heteroatoms. The number of allylic oxidation sites excluding steroid dienone is 1. The van der Waals surface area contributed by atoms with Crippen molar-refractivity contribution in [2.24, 2.45) is 0 Å². The van der Waals surface area contributed by atoms with Gasteiger partial charge in [-0.1, -0.05) is 0 Å². The number of carbonyl (C=O) groups excluding carboxylic acids is 1. The number of hydrogen-bond donors (Lipinski definition) is 0. The van der Waals surface area contributed by atoms with E-state index in [0.717, 1.165) is 0 Å². The summed E-state index contributed by atoms with van der Waals surface area (Å²) in [5.41, 5.74) is 1.01. The zero-order chi connectivity index (χ0) is 19.4. The maximum Gasteiger partial charge on any atom is 0.231 e. The molecule has 0 aliphatic carbocycles. The summed E-state index contributed by atoms with van der Waals surface area (Å²) in [6.45, 7) is 0.0785. The fourth-order valence-electron chi connectivity index (χ4n) is 2.78. The molecule has 142 valence electrons. The van der Waals surface area contributed by atoms with Crippen LogP contribution in [0.3, 0.4) is 0 Å². The molecule has 0 aromatic heterocycles. The molecule has 2 aromatic rings. The highest BCUT2D eigenvalue weighted by Gasteiger charge is 2.26. The minimum absolute atomic E-state index is 0.0785. The normalized spacial score (nSPS) is 12.1. The van der Waals surface area contributed by atoms with E-state index in [-0.39, 0.29) is 12.6 Å². The van der Waals surface area contributed by atoms with Crippen LogP contribution in [0.4, 0.5) is 0 Å². The Bertz CT molecular complexity index is 886. The van der Waals surface area contributed by atoms with E-state index in [9.17, 15) is 4.79 Å². The molecule has 1 aliphatic heterocycles. The fraction of sp³-hybridized carbons (Fsp3) is 0.250. The van der Waals surface area contributed by atoms with Crippen molar-refractivity contribution in [2.75, 3.05) is 35.2 Å². The summed E-state index contributed by atoms with van der Waals surface area (Å²) in [5, 5.41) is 0. The van der Waals surface area contributed by atoms with Gasteiger partial charge in [-0.2, -0.15) is 0 Å². The summed E-state index contributed by atoms with van der Waals surface area (Å²) in [5.74, 6) is 2.66. The Hall–Kier alpha value is -3.35. The van der Waals surface area contributed by atoms with Crippen molar-refractivity contribution in [1.29, 1.82) is 0 Å². The van der Waals surface area contributed by atoms with E-state index in [4.69, 9.17) is 28.4 Å². The fourth-order valence-corrected chi connectivity index (χ4v) is 2.78.